The second-order valence-corrected chi connectivity index (χ2v) is 6.83. The second kappa shape index (κ2) is 7.04. The zero-order valence-electron chi connectivity index (χ0n) is 13.5. The Morgan fingerprint density at radius 2 is 1.92 bits per heavy atom. The fraction of sp³-hybridized carbons (Fsp3) is 0.150. The van der Waals surface area contributed by atoms with E-state index in [2.05, 4.69) is 23.3 Å². The smallest absolute Gasteiger partial charge is 0.0758 e. The average Bonchev–Trinajstić information content (AvgIpc) is 3.02. The molecule has 2 heterocycles. The highest BCUT2D eigenvalue weighted by Gasteiger charge is 2.21. The minimum absolute atomic E-state index is 0.571. The van der Waals surface area contributed by atoms with Crippen LogP contribution in [0.15, 0.2) is 54.7 Å². The van der Waals surface area contributed by atoms with Crippen molar-refractivity contribution in [1.82, 2.24) is 9.78 Å². The Bertz CT molecular complexity index is 932. The number of hydrogen-bond acceptors (Lipinski definition) is 2. The van der Waals surface area contributed by atoms with E-state index < -0.39 is 0 Å². The van der Waals surface area contributed by atoms with Crippen molar-refractivity contribution in [3.8, 4) is 0 Å². The molecule has 0 unspecified atom stereocenters. The van der Waals surface area contributed by atoms with Crippen molar-refractivity contribution in [3.63, 3.8) is 0 Å². The molecule has 0 amide bonds. The minimum Gasteiger partial charge on any atom is -0.372 e. The molecule has 4 rings (SSSR count). The molecule has 0 atom stereocenters. The highest BCUT2D eigenvalue weighted by atomic mass is 35.5. The first kappa shape index (κ1) is 16.4. The largest absolute Gasteiger partial charge is 0.372 e. The van der Waals surface area contributed by atoms with Gasteiger partial charge in [0.15, 0.2) is 0 Å². The molecule has 1 aliphatic heterocycles. The van der Waals surface area contributed by atoms with E-state index in [1.165, 1.54) is 0 Å². The third-order valence-corrected chi connectivity index (χ3v) is 4.80. The monoisotopic (exact) mass is 370 g/mol. The van der Waals surface area contributed by atoms with Gasteiger partial charge in [-0.25, -0.2) is 0 Å². The zero-order valence-corrected chi connectivity index (χ0v) is 15.0. The fourth-order valence-corrected chi connectivity index (χ4v) is 3.50. The molecule has 0 spiro atoms. The van der Waals surface area contributed by atoms with Crippen LogP contribution in [-0.4, -0.2) is 16.4 Å². The Morgan fingerprint density at radius 1 is 1.08 bits per heavy atom. The fourth-order valence-electron chi connectivity index (χ4n) is 3.03. The number of aromatic nitrogens is 2. The molecule has 0 saturated carbocycles. The molecular weight excluding hydrogens is 355 g/mol. The number of hydrogen-bond donors (Lipinski definition) is 0. The summed E-state index contributed by atoms with van der Waals surface area (Å²) in [7, 11) is 0. The van der Waals surface area contributed by atoms with Crippen molar-refractivity contribution in [3.05, 3.63) is 87.2 Å². The average molecular weight is 371 g/mol. The van der Waals surface area contributed by atoms with Crippen molar-refractivity contribution in [2.45, 2.75) is 13.2 Å². The van der Waals surface area contributed by atoms with Gasteiger partial charge in [0, 0.05) is 21.2 Å². The van der Waals surface area contributed by atoms with Crippen LogP contribution in [0.4, 0.5) is 0 Å². The molecule has 3 nitrogen and oxygen atoms in total. The number of rotatable bonds is 3. The molecule has 0 radical (unpaired) electrons. The van der Waals surface area contributed by atoms with Gasteiger partial charge in [0.05, 0.1) is 31.6 Å². The van der Waals surface area contributed by atoms with Crippen LogP contribution in [0.3, 0.4) is 0 Å². The predicted molar refractivity (Wildman–Crippen MR) is 102 cm³/mol. The number of benzene rings is 2. The molecule has 1 aromatic heterocycles. The lowest BCUT2D eigenvalue weighted by atomic mass is 10.0. The van der Waals surface area contributed by atoms with Crippen LogP contribution in [0.5, 0.6) is 0 Å². The number of halogens is 2. The maximum Gasteiger partial charge on any atom is 0.0758 e. The number of ether oxygens (including phenoxy) is 1. The van der Waals surface area contributed by atoms with Gasteiger partial charge in [-0.05, 0) is 29.3 Å². The quantitative estimate of drug-likeness (QED) is 0.624. The van der Waals surface area contributed by atoms with Gasteiger partial charge in [0.1, 0.15) is 0 Å². The van der Waals surface area contributed by atoms with Gasteiger partial charge in [-0.1, -0.05) is 59.6 Å². The second-order valence-electron chi connectivity index (χ2n) is 5.98. The van der Waals surface area contributed by atoms with Crippen molar-refractivity contribution in [2.75, 3.05) is 6.61 Å². The first-order valence-corrected chi connectivity index (χ1v) is 8.78. The lowest BCUT2D eigenvalue weighted by Crippen LogP contribution is -2.14. The van der Waals surface area contributed by atoms with Crippen molar-refractivity contribution in [1.29, 1.82) is 0 Å². The Kier molecular flexibility index (Phi) is 4.62. The van der Waals surface area contributed by atoms with E-state index in [-0.39, 0.29) is 0 Å². The van der Waals surface area contributed by atoms with Gasteiger partial charge in [-0.2, -0.15) is 5.10 Å². The minimum atomic E-state index is 0.571. The summed E-state index contributed by atoms with van der Waals surface area (Å²) >= 11 is 12.3. The predicted octanol–water partition coefficient (Wildman–Crippen LogP) is 5.31. The Labute approximate surface area is 156 Å². The number of nitrogens with zero attached hydrogens (tertiary/aromatic N) is 2. The van der Waals surface area contributed by atoms with Gasteiger partial charge in [-0.15, -0.1) is 0 Å². The van der Waals surface area contributed by atoms with Crippen molar-refractivity contribution < 1.29 is 4.74 Å². The van der Waals surface area contributed by atoms with E-state index in [4.69, 9.17) is 27.9 Å². The summed E-state index contributed by atoms with van der Waals surface area (Å²) in [5.74, 6) is 0. The van der Waals surface area contributed by atoms with Crippen LogP contribution in [0, 0.1) is 0 Å². The highest BCUT2D eigenvalue weighted by molar-refractivity contribution is 6.35. The molecule has 0 saturated heterocycles. The van der Waals surface area contributed by atoms with Crippen LogP contribution in [0.25, 0.3) is 11.6 Å². The van der Waals surface area contributed by atoms with Gasteiger partial charge < -0.3 is 4.74 Å². The van der Waals surface area contributed by atoms with E-state index >= 15 is 0 Å². The molecule has 0 aliphatic carbocycles. The van der Waals surface area contributed by atoms with Crippen LogP contribution in [-0.2, 0) is 17.9 Å². The molecule has 0 fully saturated rings. The lowest BCUT2D eigenvalue weighted by molar-refractivity contribution is 0.146. The maximum absolute atomic E-state index is 6.33. The van der Waals surface area contributed by atoms with E-state index in [9.17, 15) is 0 Å². The maximum atomic E-state index is 6.33. The Hall–Kier alpha value is -2.07. The van der Waals surface area contributed by atoms with Gasteiger partial charge >= 0.3 is 0 Å². The summed E-state index contributed by atoms with van der Waals surface area (Å²) in [5.41, 5.74) is 5.46. The first-order chi connectivity index (χ1) is 12.2. The van der Waals surface area contributed by atoms with E-state index in [0.29, 0.717) is 29.8 Å². The summed E-state index contributed by atoms with van der Waals surface area (Å²) in [6.45, 7) is 1.75. The number of fused-ring (bicyclic) bond motifs is 1. The Balaban J connectivity index is 1.72. The summed E-state index contributed by atoms with van der Waals surface area (Å²) in [6, 6.07) is 15.8. The first-order valence-electron chi connectivity index (χ1n) is 8.03. The molecule has 1 aliphatic rings. The van der Waals surface area contributed by atoms with Crippen LogP contribution >= 0.6 is 23.2 Å². The van der Waals surface area contributed by atoms with Crippen molar-refractivity contribution >= 4 is 34.9 Å². The molecular formula is C20H16Cl2N2O. The van der Waals surface area contributed by atoms with Crippen LogP contribution in [0.2, 0.25) is 10.0 Å². The molecule has 2 aromatic carbocycles. The molecule has 5 heteroatoms. The van der Waals surface area contributed by atoms with Gasteiger partial charge in [0.25, 0.3) is 0 Å². The molecule has 126 valence electrons. The lowest BCUT2D eigenvalue weighted by Gasteiger charge is -2.19. The molecule has 3 aromatic rings. The van der Waals surface area contributed by atoms with Crippen LogP contribution < -0.4 is 0 Å². The SMILES string of the molecule is Clc1ccc(Cn2ncc3c2/C(=C/c2ccccc2)COC3)c(Cl)c1. The van der Waals surface area contributed by atoms with Gasteiger partial charge in [-0.3, -0.25) is 4.68 Å². The van der Waals surface area contributed by atoms with Crippen LogP contribution in [0.1, 0.15) is 22.4 Å². The van der Waals surface area contributed by atoms with Gasteiger partial charge in [0.2, 0.25) is 0 Å². The summed E-state index contributed by atoms with van der Waals surface area (Å²) < 4.78 is 7.71. The van der Waals surface area contributed by atoms with Crippen molar-refractivity contribution in [2.24, 2.45) is 0 Å². The normalized spacial score (nSPS) is 15.4. The summed E-state index contributed by atoms with van der Waals surface area (Å²) in [4.78, 5) is 0. The molecule has 0 bridgehead atoms. The van der Waals surface area contributed by atoms with E-state index in [1.54, 1.807) is 6.07 Å². The summed E-state index contributed by atoms with van der Waals surface area (Å²) in [5, 5.41) is 5.84. The molecule has 0 N–H and O–H groups in total. The third kappa shape index (κ3) is 3.49. The summed E-state index contributed by atoms with van der Waals surface area (Å²) in [6.07, 6.45) is 4.02. The Morgan fingerprint density at radius 3 is 2.72 bits per heavy atom. The third-order valence-electron chi connectivity index (χ3n) is 4.21. The standard InChI is InChI=1S/C20H16Cl2N2O/c21-18-7-6-15(19(22)9-18)11-24-20-16(8-14-4-2-1-3-5-14)12-25-13-17(20)10-23-24/h1-10H,11-13H2/b16-8+. The topological polar surface area (TPSA) is 27.1 Å². The molecule has 25 heavy (non-hydrogen) atoms. The highest BCUT2D eigenvalue weighted by Crippen LogP contribution is 2.29. The zero-order chi connectivity index (χ0) is 17.2. The van der Waals surface area contributed by atoms with E-state index in [0.717, 1.165) is 28.0 Å². The van der Waals surface area contributed by atoms with E-state index in [1.807, 2.05) is 41.2 Å².